The van der Waals surface area contributed by atoms with Crippen LogP contribution >= 0.6 is 0 Å². The zero-order valence-electron chi connectivity index (χ0n) is 6.14. The van der Waals surface area contributed by atoms with Crippen molar-refractivity contribution < 1.29 is 33.8 Å². The fraction of sp³-hybridized carbons (Fsp3) is 0. The minimum atomic E-state index is -11.2. The SMILES string of the molecule is [F][Sb-]([F])([F])([F])([F])[F].[F][Sb-]([F])([F])([F])([F])[F].[SH4+2]. The van der Waals surface area contributed by atoms with E-state index >= 15 is 0 Å². The Kier molecular flexibility index (Phi) is 4.46. The summed E-state index contributed by atoms with van der Waals surface area (Å²) in [4.78, 5) is 0. The molecule has 104 valence electrons. The monoisotopic (exact) mass is 506 g/mol. The molecule has 0 saturated heterocycles. The molecule has 0 spiro atoms. The first-order valence-corrected chi connectivity index (χ1v) is 13.6. The molecular formula is H4F12SSb2. The van der Waals surface area contributed by atoms with E-state index in [0.29, 0.717) is 0 Å². The van der Waals surface area contributed by atoms with Crippen LogP contribution in [0.15, 0.2) is 0 Å². The molecule has 15 heavy (non-hydrogen) atoms. The molecule has 0 aliphatic heterocycles. The molecule has 0 heterocycles. The van der Waals surface area contributed by atoms with Gasteiger partial charge in [0, 0.05) is 0 Å². The molecule has 0 aromatic heterocycles. The van der Waals surface area contributed by atoms with Crippen LogP contribution in [0.1, 0.15) is 0 Å². The van der Waals surface area contributed by atoms with E-state index in [1.807, 2.05) is 0 Å². The van der Waals surface area contributed by atoms with Crippen LogP contribution in [0.4, 0.5) is 33.8 Å². The standard InChI is InChI=1S/12FH.H4S.2Sb/h12*1H;1H4;;/q;;;;;;;;;;;;+2;2*+5/p-12. The van der Waals surface area contributed by atoms with E-state index in [1.165, 1.54) is 0 Å². The van der Waals surface area contributed by atoms with Gasteiger partial charge in [0.15, 0.2) is 0 Å². The van der Waals surface area contributed by atoms with Crippen LogP contribution in [0.2, 0.25) is 0 Å². The van der Waals surface area contributed by atoms with E-state index < -0.39 is 39.0 Å². The normalized spacial score (nSPS) is 21.6. The average molecular weight is 508 g/mol. The summed E-state index contributed by atoms with van der Waals surface area (Å²) >= 11 is -22.5. The van der Waals surface area contributed by atoms with E-state index in [9.17, 15) is 33.8 Å². The van der Waals surface area contributed by atoms with Crippen LogP contribution < -0.4 is 0 Å². The molecular weight excluding hydrogens is 504 g/mol. The Labute approximate surface area is 85.8 Å². The van der Waals surface area contributed by atoms with Gasteiger partial charge in [-0.05, 0) is 0 Å². The summed E-state index contributed by atoms with van der Waals surface area (Å²) in [5.41, 5.74) is 0. The van der Waals surface area contributed by atoms with Gasteiger partial charge in [0.2, 0.25) is 0 Å². The summed E-state index contributed by atoms with van der Waals surface area (Å²) in [5, 5.41) is 0. The molecule has 0 N–H and O–H groups in total. The Morgan fingerprint density at radius 2 is 0.333 bits per heavy atom. The van der Waals surface area contributed by atoms with E-state index in [4.69, 9.17) is 0 Å². The molecule has 0 radical (unpaired) electrons. The van der Waals surface area contributed by atoms with Crippen molar-refractivity contribution >= 4 is 52.4 Å². The molecule has 0 saturated carbocycles. The summed E-state index contributed by atoms with van der Waals surface area (Å²) in [6, 6.07) is 0. The van der Waals surface area contributed by atoms with Crippen LogP contribution in [0.3, 0.4) is 0 Å². The Morgan fingerprint density at radius 1 is 0.333 bits per heavy atom. The molecule has 15 heteroatoms. The van der Waals surface area contributed by atoms with Gasteiger partial charge in [0.05, 0.1) is 0 Å². The van der Waals surface area contributed by atoms with Gasteiger partial charge in [-0.3, -0.25) is 0 Å². The molecule has 0 aliphatic rings. The fourth-order valence-electron chi connectivity index (χ4n) is 0. The molecule has 0 aromatic carbocycles. The van der Waals surface area contributed by atoms with Gasteiger partial charge in [-0.2, -0.15) is 0 Å². The number of rotatable bonds is 0. The fourth-order valence-corrected chi connectivity index (χ4v) is 0. The van der Waals surface area contributed by atoms with E-state index in [2.05, 4.69) is 0 Å². The summed E-state index contributed by atoms with van der Waals surface area (Å²) in [6.07, 6.45) is 0. The average Bonchev–Trinajstić information content (AvgIpc) is 0.938. The predicted molar refractivity (Wildman–Crippen MR) is 37.7 cm³/mol. The van der Waals surface area contributed by atoms with E-state index in [0.717, 1.165) is 0 Å². The van der Waals surface area contributed by atoms with E-state index in [-0.39, 0.29) is 13.5 Å². The first kappa shape index (κ1) is 21.4. The van der Waals surface area contributed by atoms with Gasteiger partial charge in [0.25, 0.3) is 0 Å². The molecule has 0 bridgehead atoms. The van der Waals surface area contributed by atoms with Gasteiger partial charge in [-0.1, -0.05) is 0 Å². The minimum absolute atomic E-state index is 0. The van der Waals surface area contributed by atoms with Gasteiger partial charge in [-0.25, -0.2) is 13.5 Å². The molecule has 0 nitrogen and oxygen atoms in total. The topological polar surface area (TPSA) is 0 Å². The van der Waals surface area contributed by atoms with Crippen molar-refractivity contribution in [3.63, 3.8) is 0 Å². The van der Waals surface area contributed by atoms with Crippen LogP contribution in [0, 0.1) is 0 Å². The Bertz CT molecular complexity index is 161. The maximum Gasteiger partial charge on any atom is -0.210 e. The van der Waals surface area contributed by atoms with E-state index in [1.54, 1.807) is 0 Å². The first-order chi connectivity index (χ1) is 4.90. The van der Waals surface area contributed by atoms with Gasteiger partial charge < -0.3 is 0 Å². The second-order valence-corrected chi connectivity index (χ2v) is 12.9. The van der Waals surface area contributed by atoms with Crippen molar-refractivity contribution in [1.29, 1.82) is 0 Å². The van der Waals surface area contributed by atoms with Crippen LogP contribution in [-0.4, -0.2) is 39.0 Å². The molecule has 0 atom stereocenters. The van der Waals surface area contributed by atoms with Crippen molar-refractivity contribution in [2.24, 2.45) is 0 Å². The van der Waals surface area contributed by atoms with Crippen LogP contribution in [0.25, 0.3) is 0 Å². The molecule has 0 rings (SSSR count). The summed E-state index contributed by atoms with van der Waals surface area (Å²) in [6.45, 7) is 0. The summed E-state index contributed by atoms with van der Waals surface area (Å²) in [5.74, 6) is 0. The second kappa shape index (κ2) is 3.12. The van der Waals surface area contributed by atoms with Gasteiger partial charge in [0.1, 0.15) is 0 Å². The largest absolute Gasteiger partial charge is 0.210 e. The maximum atomic E-state index is 9.93. The quantitative estimate of drug-likeness (QED) is 0.349. The Hall–Kier alpha value is 1.15. The third-order valence-electron chi connectivity index (χ3n) is 0. The second-order valence-electron chi connectivity index (χ2n) is 1.92. The molecule has 0 aromatic rings. The van der Waals surface area contributed by atoms with Crippen molar-refractivity contribution in [2.45, 2.75) is 0 Å². The molecule has 0 unspecified atom stereocenters. The Morgan fingerprint density at radius 3 is 0.333 bits per heavy atom. The van der Waals surface area contributed by atoms with Crippen LogP contribution in [-0.2, 0) is 13.5 Å². The predicted octanol–water partition coefficient (Wildman–Crippen LogP) is 3.21. The molecule has 0 fully saturated rings. The number of hydrogen-bond donors (Lipinski definition) is 0. The van der Waals surface area contributed by atoms with Crippen molar-refractivity contribution in [2.75, 3.05) is 0 Å². The smallest absolute Gasteiger partial charge is 0.210 e. The molecule has 0 amide bonds. The third-order valence-corrected chi connectivity index (χ3v) is 0. The maximum absolute atomic E-state index is 11.2. The van der Waals surface area contributed by atoms with Gasteiger partial charge >= 0.3 is 72.7 Å². The number of halogens is 12. The molecule has 0 aliphatic carbocycles. The number of hydrogen-bond acceptors (Lipinski definition) is 0. The van der Waals surface area contributed by atoms with Gasteiger partial charge in [-0.15, -0.1) is 0 Å². The first-order valence-electron chi connectivity index (χ1n) is 2.03. The van der Waals surface area contributed by atoms with Crippen molar-refractivity contribution in [1.82, 2.24) is 0 Å². The summed E-state index contributed by atoms with van der Waals surface area (Å²) < 4.78 is 119. The zero-order chi connectivity index (χ0) is 12.8. The summed E-state index contributed by atoms with van der Waals surface area (Å²) in [7, 11) is 0. The Balaban J connectivity index is -0.000000180. The zero-order valence-corrected chi connectivity index (χ0v) is 12.7. The van der Waals surface area contributed by atoms with Crippen molar-refractivity contribution in [3.8, 4) is 0 Å². The third kappa shape index (κ3) is 1990. The minimum Gasteiger partial charge on any atom is -0.210 e. The van der Waals surface area contributed by atoms with Crippen LogP contribution in [0.5, 0.6) is 0 Å². The van der Waals surface area contributed by atoms with Crippen molar-refractivity contribution in [3.05, 3.63) is 0 Å².